The molecule has 0 aliphatic rings. The Morgan fingerprint density at radius 3 is 2.42 bits per heavy atom. The summed E-state index contributed by atoms with van der Waals surface area (Å²) in [5.74, 6) is -0.257. The number of ketones is 1. The fraction of sp³-hybridized carbons (Fsp3) is 0.235. The molecule has 98 valence electrons. The van der Waals surface area contributed by atoms with Gasteiger partial charge in [0.2, 0.25) is 0 Å². The molecule has 0 atom stereocenters. The number of rotatable bonds is 4. The summed E-state index contributed by atoms with van der Waals surface area (Å²) in [6.07, 6.45) is 1.18. The lowest BCUT2D eigenvalue weighted by Crippen LogP contribution is -2.02. The Bertz CT molecular complexity index is 585. The van der Waals surface area contributed by atoms with Crippen molar-refractivity contribution in [3.8, 4) is 0 Å². The molecular weight excluding hydrogens is 239 g/mol. The van der Waals surface area contributed by atoms with Crippen molar-refractivity contribution in [2.45, 2.75) is 26.7 Å². The van der Waals surface area contributed by atoms with Crippen molar-refractivity contribution in [1.82, 2.24) is 0 Å². The average molecular weight is 256 g/mol. The molecule has 0 spiro atoms. The van der Waals surface area contributed by atoms with Crippen LogP contribution in [0.2, 0.25) is 0 Å². The lowest BCUT2D eigenvalue weighted by Gasteiger charge is -2.08. The number of hydrogen-bond acceptors (Lipinski definition) is 1. The zero-order valence-corrected chi connectivity index (χ0v) is 11.2. The van der Waals surface area contributed by atoms with Gasteiger partial charge in [0, 0.05) is 12.0 Å². The van der Waals surface area contributed by atoms with Gasteiger partial charge >= 0.3 is 0 Å². The van der Waals surface area contributed by atoms with Crippen LogP contribution in [0, 0.1) is 19.7 Å². The molecule has 0 bridgehead atoms. The third kappa shape index (κ3) is 3.28. The molecule has 0 saturated carbocycles. The Morgan fingerprint density at radius 1 is 1.05 bits per heavy atom. The van der Waals surface area contributed by atoms with Crippen molar-refractivity contribution < 1.29 is 9.18 Å². The fourth-order valence-corrected chi connectivity index (χ4v) is 2.11. The second kappa shape index (κ2) is 5.79. The summed E-state index contributed by atoms with van der Waals surface area (Å²) in [5, 5.41) is 0. The first-order valence-corrected chi connectivity index (χ1v) is 6.42. The van der Waals surface area contributed by atoms with E-state index in [0.29, 0.717) is 12.0 Å². The number of carbonyl (C=O) groups excluding carboxylic acids is 1. The summed E-state index contributed by atoms with van der Waals surface area (Å²) in [6.45, 7) is 4.15. The monoisotopic (exact) mass is 256 g/mol. The SMILES string of the molecule is Cc1cccc(CCC(=O)c2ccc(F)cc2)c1C. The summed E-state index contributed by atoms with van der Waals surface area (Å²) >= 11 is 0. The zero-order valence-electron chi connectivity index (χ0n) is 11.2. The van der Waals surface area contributed by atoms with E-state index in [2.05, 4.69) is 26.0 Å². The summed E-state index contributed by atoms with van der Waals surface area (Å²) in [5.41, 5.74) is 4.27. The van der Waals surface area contributed by atoms with Crippen molar-refractivity contribution in [2.24, 2.45) is 0 Å². The van der Waals surface area contributed by atoms with Crippen LogP contribution < -0.4 is 0 Å². The van der Waals surface area contributed by atoms with Crippen molar-refractivity contribution in [3.63, 3.8) is 0 Å². The maximum atomic E-state index is 12.8. The molecule has 2 heteroatoms. The lowest BCUT2D eigenvalue weighted by molar-refractivity contribution is 0.0983. The van der Waals surface area contributed by atoms with E-state index in [4.69, 9.17) is 0 Å². The Hall–Kier alpha value is -1.96. The summed E-state index contributed by atoms with van der Waals surface area (Å²) in [6, 6.07) is 11.9. The van der Waals surface area contributed by atoms with E-state index in [1.54, 1.807) is 12.1 Å². The van der Waals surface area contributed by atoms with Crippen LogP contribution in [0.4, 0.5) is 4.39 Å². The molecule has 0 heterocycles. The van der Waals surface area contributed by atoms with Gasteiger partial charge in [0.15, 0.2) is 5.78 Å². The molecule has 0 amide bonds. The Morgan fingerprint density at radius 2 is 1.74 bits per heavy atom. The standard InChI is InChI=1S/C17H17FO/c1-12-4-3-5-14(13(12)2)8-11-17(19)15-6-9-16(18)10-7-15/h3-7,9-10H,8,11H2,1-2H3. The third-order valence-electron chi connectivity index (χ3n) is 3.50. The second-order valence-electron chi connectivity index (χ2n) is 4.79. The topological polar surface area (TPSA) is 17.1 Å². The normalized spacial score (nSPS) is 10.5. The number of benzene rings is 2. The first-order valence-electron chi connectivity index (χ1n) is 6.42. The van der Waals surface area contributed by atoms with Crippen molar-refractivity contribution in [1.29, 1.82) is 0 Å². The van der Waals surface area contributed by atoms with Crippen molar-refractivity contribution >= 4 is 5.78 Å². The predicted octanol–water partition coefficient (Wildman–Crippen LogP) is 4.26. The number of aryl methyl sites for hydroxylation is 2. The van der Waals surface area contributed by atoms with Gasteiger partial charge in [-0.3, -0.25) is 4.79 Å². The van der Waals surface area contributed by atoms with Crippen LogP contribution in [-0.2, 0) is 6.42 Å². The molecule has 2 aromatic carbocycles. The second-order valence-corrected chi connectivity index (χ2v) is 4.79. The van der Waals surface area contributed by atoms with Crippen molar-refractivity contribution in [3.05, 3.63) is 70.5 Å². The van der Waals surface area contributed by atoms with Crippen molar-refractivity contribution in [2.75, 3.05) is 0 Å². The minimum Gasteiger partial charge on any atom is -0.294 e. The smallest absolute Gasteiger partial charge is 0.163 e. The number of Topliss-reactive ketones (excluding diaryl/α,β-unsaturated/α-hetero) is 1. The fourth-order valence-electron chi connectivity index (χ4n) is 2.11. The van der Waals surface area contributed by atoms with Gasteiger partial charge in [-0.1, -0.05) is 18.2 Å². The van der Waals surface area contributed by atoms with Gasteiger partial charge in [-0.2, -0.15) is 0 Å². The van der Waals surface area contributed by atoms with E-state index in [9.17, 15) is 9.18 Å². The van der Waals surface area contributed by atoms with E-state index in [1.807, 2.05) is 6.07 Å². The van der Waals surface area contributed by atoms with Crippen LogP contribution in [0.3, 0.4) is 0 Å². The highest BCUT2D eigenvalue weighted by molar-refractivity contribution is 5.96. The molecule has 19 heavy (non-hydrogen) atoms. The molecule has 0 aliphatic heterocycles. The number of carbonyl (C=O) groups is 1. The van der Waals surface area contributed by atoms with Crippen LogP contribution in [0.15, 0.2) is 42.5 Å². The highest BCUT2D eigenvalue weighted by Gasteiger charge is 2.08. The average Bonchev–Trinajstić information content (AvgIpc) is 2.41. The minimum atomic E-state index is -0.314. The van der Waals surface area contributed by atoms with Gasteiger partial charge in [-0.05, 0) is 61.2 Å². The van der Waals surface area contributed by atoms with Crippen LogP contribution in [0.5, 0.6) is 0 Å². The lowest BCUT2D eigenvalue weighted by atomic mass is 9.97. The van der Waals surface area contributed by atoms with Gasteiger partial charge in [0.25, 0.3) is 0 Å². The quantitative estimate of drug-likeness (QED) is 0.747. The van der Waals surface area contributed by atoms with Gasteiger partial charge < -0.3 is 0 Å². The van der Waals surface area contributed by atoms with E-state index in [0.717, 1.165) is 6.42 Å². The molecule has 0 aliphatic carbocycles. The molecule has 0 aromatic heterocycles. The minimum absolute atomic E-state index is 0.0564. The molecule has 0 unspecified atom stereocenters. The first kappa shape index (κ1) is 13.5. The summed E-state index contributed by atoms with van der Waals surface area (Å²) < 4.78 is 12.8. The maximum Gasteiger partial charge on any atom is 0.163 e. The van der Waals surface area contributed by atoms with Crippen LogP contribution in [0.1, 0.15) is 33.5 Å². The largest absolute Gasteiger partial charge is 0.294 e. The highest BCUT2D eigenvalue weighted by atomic mass is 19.1. The molecule has 0 fully saturated rings. The van der Waals surface area contributed by atoms with E-state index >= 15 is 0 Å². The van der Waals surface area contributed by atoms with Gasteiger partial charge in [-0.25, -0.2) is 4.39 Å². The van der Waals surface area contributed by atoms with Crippen LogP contribution in [-0.4, -0.2) is 5.78 Å². The Labute approximate surface area is 113 Å². The summed E-state index contributed by atoms with van der Waals surface area (Å²) in [7, 11) is 0. The molecule has 2 aromatic rings. The van der Waals surface area contributed by atoms with E-state index in [1.165, 1.54) is 28.8 Å². The zero-order chi connectivity index (χ0) is 13.8. The molecule has 1 nitrogen and oxygen atoms in total. The van der Waals surface area contributed by atoms with Crippen LogP contribution >= 0.6 is 0 Å². The molecule has 0 radical (unpaired) electrons. The van der Waals surface area contributed by atoms with Gasteiger partial charge in [0.05, 0.1) is 0 Å². The Balaban J connectivity index is 2.04. The predicted molar refractivity (Wildman–Crippen MR) is 75.0 cm³/mol. The Kier molecular flexibility index (Phi) is 4.10. The van der Waals surface area contributed by atoms with Gasteiger partial charge in [-0.15, -0.1) is 0 Å². The third-order valence-corrected chi connectivity index (χ3v) is 3.50. The van der Waals surface area contributed by atoms with E-state index in [-0.39, 0.29) is 11.6 Å². The molecular formula is C17H17FO. The molecule has 0 saturated heterocycles. The molecule has 0 N–H and O–H groups in total. The van der Waals surface area contributed by atoms with Gasteiger partial charge in [0.1, 0.15) is 5.82 Å². The highest BCUT2D eigenvalue weighted by Crippen LogP contribution is 2.16. The van der Waals surface area contributed by atoms with E-state index < -0.39 is 0 Å². The van der Waals surface area contributed by atoms with Crippen LogP contribution in [0.25, 0.3) is 0 Å². The number of hydrogen-bond donors (Lipinski definition) is 0. The maximum absolute atomic E-state index is 12.8. The summed E-state index contributed by atoms with van der Waals surface area (Å²) in [4.78, 5) is 12.0. The first-order chi connectivity index (χ1) is 9.08. The number of halogens is 1. The molecule has 2 rings (SSSR count).